The van der Waals surface area contributed by atoms with Crippen LogP contribution in [0.3, 0.4) is 0 Å². The zero-order valence-corrected chi connectivity index (χ0v) is 11.0. The second-order valence-electron chi connectivity index (χ2n) is 6.04. The molecule has 6 nitrogen and oxygen atoms in total. The van der Waals surface area contributed by atoms with E-state index in [9.17, 15) is 9.59 Å². The van der Waals surface area contributed by atoms with E-state index in [1.807, 2.05) is 13.8 Å². The van der Waals surface area contributed by atoms with Crippen LogP contribution in [-0.2, 0) is 4.74 Å². The predicted molar refractivity (Wildman–Crippen MR) is 61.5 cm³/mol. The van der Waals surface area contributed by atoms with E-state index in [1.165, 1.54) is 0 Å². The summed E-state index contributed by atoms with van der Waals surface area (Å²) in [5.41, 5.74) is -0.886. The molecule has 0 unspecified atom stereocenters. The fourth-order valence-electron chi connectivity index (χ4n) is 1.68. The molecular weight excluding hydrogens is 224 g/mol. The lowest BCUT2D eigenvalue weighted by Crippen LogP contribution is -2.46. The normalized spacial score (nSPS) is 19.4. The van der Waals surface area contributed by atoms with Gasteiger partial charge in [-0.05, 0) is 20.8 Å². The molecule has 0 atom stereocenters. The van der Waals surface area contributed by atoms with Gasteiger partial charge in [-0.3, -0.25) is 0 Å². The van der Waals surface area contributed by atoms with Crippen LogP contribution in [-0.4, -0.2) is 46.0 Å². The fraction of sp³-hybridized carbons (Fsp3) is 0.818. The van der Waals surface area contributed by atoms with E-state index in [4.69, 9.17) is 9.84 Å². The number of amides is 2. The molecule has 0 bridgehead atoms. The van der Waals surface area contributed by atoms with Gasteiger partial charge in [-0.1, -0.05) is 13.8 Å². The van der Waals surface area contributed by atoms with Crippen molar-refractivity contribution in [1.82, 2.24) is 10.0 Å². The van der Waals surface area contributed by atoms with Crippen molar-refractivity contribution in [1.29, 1.82) is 0 Å². The molecule has 0 radical (unpaired) electrons. The van der Waals surface area contributed by atoms with Crippen molar-refractivity contribution in [3.63, 3.8) is 0 Å². The summed E-state index contributed by atoms with van der Waals surface area (Å²) in [7, 11) is 0. The standard InChI is InChI=1S/C11H20N2O4/c1-10(2,3)17-9(16)13-7-11(4,5)6-12(13)8(14)15/h6-7H2,1-5H3,(H,14,15). The number of hydrazine groups is 1. The molecule has 17 heavy (non-hydrogen) atoms. The molecule has 0 saturated carbocycles. The van der Waals surface area contributed by atoms with Gasteiger partial charge < -0.3 is 9.84 Å². The molecule has 1 fully saturated rings. The average Bonchev–Trinajstić information content (AvgIpc) is 2.38. The predicted octanol–water partition coefficient (Wildman–Crippen LogP) is 2.16. The second-order valence-corrected chi connectivity index (χ2v) is 6.04. The largest absolute Gasteiger partial charge is 0.464 e. The Balaban J connectivity index is 2.81. The van der Waals surface area contributed by atoms with Crippen LogP contribution >= 0.6 is 0 Å². The molecule has 1 saturated heterocycles. The maximum absolute atomic E-state index is 11.9. The molecule has 6 heteroatoms. The quantitative estimate of drug-likeness (QED) is 0.708. The van der Waals surface area contributed by atoms with Gasteiger partial charge in [0.05, 0.1) is 13.1 Å². The summed E-state index contributed by atoms with van der Waals surface area (Å²) in [6.45, 7) is 9.70. The fourth-order valence-corrected chi connectivity index (χ4v) is 1.68. The lowest BCUT2D eigenvalue weighted by atomic mass is 9.95. The molecule has 1 heterocycles. The Morgan fingerprint density at radius 3 is 2.06 bits per heavy atom. The summed E-state index contributed by atoms with van der Waals surface area (Å²) in [5, 5.41) is 11.2. The summed E-state index contributed by atoms with van der Waals surface area (Å²) in [4.78, 5) is 22.9. The first-order chi connectivity index (χ1) is 7.52. The topological polar surface area (TPSA) is 70.1 Å². The van der Waals surface area contributed by atoms with Crippen LogP contribution in [0.15, 0.2) is 0 Å². The van der Waals surface area contributed by atoms with Gasteiger partial charge in [-0.15, -0.1) is 0 Å². The highest BCUT2D eigenvalue weighted by Gasteiger charge is 2.43. The number of rotatable bonds is 0. The molecular formula is C11H20N2O4. The molecule has 1 N–H and O–H groups in total. The molecule has 98 valence electrons. The average molecular weight is 244 g/mol. The highest BCUT2D eigenvalue weighted by Crippen LogP contribution is 2.29. The summed E-state index contributed by atoms with van der Waals surface area (Å²) in [5.74, 6) is 0. The first-order valence-electron chi connectivity index (χ1n) is 5.53. The number of ether oxygens (including phenoxy) is 1. The summed E-state index contributed by atoms with van der Waals surface area (Å²) >= 11 is 0. The van der Waals surface area contributed by atoms with Crippen molar-refractivity contribution >= 4 is 12.2 Å². The van der Waals surface area contributed by atoms with E-state index in [2.05, 4.69) is 0 Å². The molecule has 0 aliphatic carbocycles. The van der Waals surface area contributed by atoms with Crippen LogP contribution in [0.25, 0.3) is 0 Å². The summed E-state index contributed by atoms with van der Waals surface area (Å²) in [6.07, 6.45) is -1.76. The van der Waals surface area contributed by atoms with Gasteiger partial charge in [-0.25, -0.2) is 19.6 Å². The Morgan fingerprint density at radius 1 is 1.18 bits per heavy atom. The van der Waals surface area contributed by atoms with Crippen molar-refractivity contribution in [3.05, 3.63) is 0 Å². The van der Waals surface area contributed by atoms with Crippen molar-refractivity contribution in [2.24, 2.45) is 5.41 Å². The van der Waals surface area contributed by atoms with E-state index < -0.39 is 17.8 Å². The van der Waals surface area contributed by atoms with Crippen LogP contribution in [0, 0.1) is 5.41 Å². The van der Waals surface area contributed by atoms with Gasteiger partial charge in [0.1, 0.15) is 5.60 Å². The van der Waals surface area contributed by atoms with Gasteiger partial charge in [-0.2, -0.15) is 0 Å². The molecule has 0 aromatic carbocycles. The van der Waals surface area contributed by atoms with Crippen molar-refractivity contribution in [3.8, 4) is 0 Å². The molecule has 0 spiro atoms. The molecule has 1 aliphatic rings. The highest BCUT2D eigenvalue weighted by molar-refractivity contribution is 5.74. The first kappa shape index (κ1) is 13.6. The minimum atomic E-state index is -1.14. The number of nitrogens with zero attached hydrogens (tertiary/aromatic N) is 2. The molecule has 1 aliphatic heterocycles. The number of carbonyl (C=O) groups is 2. The van der Waals surface area contributed by atoms with E-state index >= 15 is 0 Å². The smallest absolute Gasteiger partial charge is 0.429 e. The minimum Gasteiger partial charge on any atom is -0.464 e. The number of carboxylic acid groups (broad SMARTS) is 1. The third-order valence-corrected chi connectivity index (χ3v) is 2.27. The molecule has 2 amide bonds. The van der Waals surface area contributed by atoms with E-state index in [-0.39, 0.29) is 5.41 Å². The monoisotopic (exact) mass is 244 g/mol. The summed E-state index contributed by atoms with van der Waals surface area (Å²) < 4.78 is 5.18. The zero-order valence-electron chi connectivity index (χ0n) is 11.0. The lowest BCUT2D eigenvalue weighted by molar-refractivity contribution is -0.0195. The molecule has 1 rings (SSSR count). The first-order valence-corrected chi connectivity index (χ1v) is 5.53. The Bertz CT molecular complexity index is 333. The maximum atomic E-state index is 11.9. The Labute approximate surface area is 101 Å². The third kappa shape index (κ3) is 3.51. The second kappa shape index (κ2) is 4.09. The van der Waals surface area contributed by atoms with Gasteiger partial charge >= 0.3 is 12.2 Å². The van der Waals surface area contributed by atoms with Gasteiger partial charge in [0.2, 0.25) is 0 Å². The highest BCUT2D eigenvalue weighted by atomic mass is 16.6. The SMILES string of the molecule is CC1(C)CN(C(=O)O)N(C(=O)OC(C)(C)C)C1. The van der Waals surface area contributed by atoms with Crippen molar-refractivity contribution < 1.29 is 19.4 Å². The van der Waals surface area contributed by atoms with E-state index in [1.54, 1.807) is 20.8 Å². The summed E-state index contributed by atoms with van der Waals surface area (Å²) in [6, 6.07) is 0. The Morgan fingerprint density at radius 2 is 1.65 bits per heavy atom. The Kier molecular flexibility index (Phi) is 3.27. The molecule has 0 aromatic rings. The number of hydrogen-bond acceptors (Lipinski definition) is 3. The Hall–Kier alpha value is -1.46. The zero-order chi connectivity index (χ0) is 13.4. The lowest BCUT2D eigenvalue weighted by Gasteiger charge is -2.28. The van der Waals surface area contributed by atoms with Gasteiger partial charge in [0.25, 0.3) is 0 Å². The van der Waals surface area contributed by atoms with E-state index in [0.717, 1.165) is 10.0 Å². The van der Waals surface area contributed by atoms with Gasteiger partial charge in [0, 0.05) is 5.41 Å². The maximum Gasteiger partial charge on any atom is 0.429 e. The minimum absolute atomic E-state index is 0.255. The number of hydrogen-bond donors (Lipinski definition) is 1. The number of carbonyl (C=O) groups excluding carboxylic acids is 1. The van der Waals surface area contributed by atoms with Crippen molar-refractivity contribution in [2.45, 2.75) is 40.2 Å². The van der Waals surface area contributed by atoms with E-state index in [0.29, 0.717) is 13.1 Å². The van der Waals surface area contributed by atoms with Crippen LogP contribution < -0.4 is 0 Å². The van der Waals surface area contributed by atoms with Crippen LogP contribution in [0.5, 0.6) is 0 Å². The molecule has 0 aromatic heterocycles. The van der Waals surface area contributed by atoms with Crippen LogP contribution in [0.2, 0.25) is 0 Å². The third-order valence-electron chi connectivity index (χ3n) is 2.27. The van der Waals surface area contributed by atoms with Gasteiger partial charge in [0.15, 0.2) is 0 Å². The van der Waals surface area contributed by atoms with Crippen LogP contribution in [0.1, 0.15) is 34.6 Å². The van der Waals surface area contributed by atoms with Crippen molar-refractivity contribution in [2.75, 3.05) is 13.1 Å². The van der Waals surface area contributed by atoms with Crippen LogP contribution in [0.4, 0.5) is 9.59 Å².